The predicted molar refractivity (Wildman–Crippen MR) is 67.5 cm³/mol. The minimum Gasteiger partial charge on any atom is -0.383 e. The Labute approximate surface area is 99.7 Å². The van der Waals surface area contributed by atoms with Gasteiger partial charge in [0.25, 0.3) is 0 Å². The van der Waals surface area contributed by atoms with Crippen LogP contribution in [0.5, 0.6) is 0 Å². The first-order valence-corrected chi connectivity index (χ1v) is 7.80. The largest absolute Gasteiger partial charge is 0.383 e. The molecule has 0 bridgehead atoms. The second-order valence-corrected chi connectivity index (χ2v) is 6.35. The van der Waals surface area contributed by atoms with Gasteiger partial charge >= 0.3 is 0 Å². The van der Waals surface area contributed by atoms with Crippen LogP contribution in [0.15, 0.2) is 0 Å². The second-order valence-electron chi connectivity index (χ2n) is 4.05. The minimum absolute atomic E-state index is 0.227. The molecule has 0 radical (unpaired) electrons. The average molecular weight is 251 g/mol. The molecule has 1 N–H and O–H groups in total. The molecule has 1 atom stereocenters. The third kappa shape index (κ3) is 8.07. The maximum atomic E-state index is 11.5. The molecule has 98 valence electrons. The van der Waals surface area contributed by atoms with Gasteiger partial charge in [-0.25, -0.2) is 8.42 Å². The zero-order valence-corrected chi connectivity index (χ0v) is 11.5. The molecular formula is C11H25NO3S. The van der Waals surface area contributed by atoms with Crippen LogP contribution in [0, 0.1) is 0 Å². The van der Waals surface area contributed by atoms with E-state index in [0.717, 1.165) is 12.8 Å². The smallest absolute Gasteiger partial charge is 0.151 e. The second kappa shape index (κ2) is 8.96. The number of hydrogen-bond donors (Lipinski definition) is 1. The molecule has 4 nitrogen and oxygen atoms in total. The van der Waals surface area contributed by atoms with E-state index in [4.69, 9.17) is 4.74 Å². The molecule has 0 aliphatic rings. The lowest BCUT2D eigenvalue weighted by Gasteiger charge is -2.16. The quantitative estimate of drug-likeness (QED) is 0.634. The van der Waals surface area contributed by atoms with E-state index in [2.05, 4.69) is 12.2 Å². The van der Waals surface area contributed by atoms with Gasteiger partial charge in [0.1, 0.15) is 0 Å². The van der Waals surface area contributed by atoms with Crippen molar-refractivity contribution >= 4 is 9.84 Å². The molecule has 16 heavy (non-hydrogen) atoms. The summed E-state index contributed by atoms with van der Waals surface area (Å²) < 4.78 is 28.0. The highest BCUT2D eigenvalue weighted by Gasteiger charge is 2.11. The fraction of sp³-hybridized carbons (Fsp3) is 1.00. The first-order chi connectivity index (χ1) is 7.55. The normalized spacial score (nSPS) is 13.9. The summed E-state index contributed by atoms with van der Waals surface area (Å²) in [6.45, 7) is 5.16. The van der Waals surface area contributed by atoms with Crippen molar-refractivity contribution in [2.24, 2.45) is 0 Å². The molecule has 0 saturated carbocycles. The lowest BCUT2D eigenvalue weighted by Crippen LogP contribution is -2.36. The third-order valence-electron chi connectivity index (χ3n) is 2.37. The van der Waals surface area contributed by atoms with E-state index in [1.807, 2.05) is 6.92 Å². The van der Waals surface area contributed by atoms with Crippen LogP contribution in [0.1, 0.15) is 33.1 Å². The number of nitrogens with one attached hydrogen (secondary N) is 1. The van der Waals surface area contributed by atoms with Crippen LogP contribution in [0.4, 0.5) is 0 Å². The molecule has 0 rings (SSSR count). The topological polar surface area (TPSA) is 55.4 Å². The number of ether oxygens (including phenoxy) is 1. The molecule has 0 heterocycles. The summed E-state index contributed by atoms with van der Waals surface area (Å²) in [4.78, 5) is 0. The fourth-order valence-electron chi connectivity index (χ4n) is 1.63. The van der Waals surface area contributed by atoms with E-state index in [0.29, 0.717) is 19.6 Å². The van der Waals surface area contributed by atoms with E-state index in [-0.39, 0.29) is 17.5 Å². The molecular weight excluding hydrogens is 226 g/mol. The van der Waals surface area contributed by atoms with Gasteiger partial charge in [0.05, 0.1) is 12.4 Å². The Hall–Kier alpha value is -0.130. The summed E-state index contributed by atoms with van der Waals surface area (Å²) >= 11 is 0. The molecule has 0 amide bonds. The van der Waals surface area contributed by atoms with Gasteiger partial charge in [-0.05, 0) is 12.8 Å². The van der Waals surface area contributed by atoms with Gasteiger partial charge in [-0.3, -0.25) is 0 Å². The van der Waals surface area contributed by atoms with Crippen molar-refractivity contribution in [2.45, 2.75) is 39.2 Å². The number of rotatable bonds is 10. The minimum atomic E-state index is -2.86. The van der Waals surface area contributed by atoms with E-state index < -0.39 is 9.84 Å². The van der Waals surface area contributed by atoms with Crippen LogP contribution < -0.4 is 5.32 Å². The van der Waals surface area contributed by atoms with Gasteiger partial charge < -0.3 is 10.1 Å². The van der Waals surface area contributed by atoms with E-state index >= 15 is 0 Å². The highest BCUT2D eigenvalue weighted by molar-refractivity contribution is 7.91. The predicted octanol–water partition coefficient (Wildman–Crippen LogP) is 1.22. The van der Waals surface area contributed by atoms with Crippen LogP contribution >= 0.6 is 0 Å². The maximum Gasteiger partial charge on any atom is 0.151 e. The van der Waals surface area contributed by atoms with E-state index in [1.165, 1.54) is 0 Å². The highest BCUT2D eigenvalue weighted by atomic mass is 32.2. The van der Waals surface area contributed by atoms with Crippen LogP contribution in [0.25, 0.3) is 0 Å². The summed E-state index contributed by atoms with van der Waals surface area (Å²) in [7, 11) is -1.20. The SMILES string of the molecule is CCCC(COC)NCCS(=O)(=O)CCC. The van der Waals surface area contributed by atoms with Crippen LogP contribution in [0.2, 0.25) is 0 Å². The molecule has 0 aromatic carbocycles. The van der Waals surface area contributed by atoms with Crippen molar-refractivity contribution in [1.29, 1.82) is 0 Å². The third-order valence-corrected chi connectivity index (χ3v) is 4.22. The average Bonchev–Trinajstić information content (AvgIpc) is 2.18. The van der Waals surface area contributed by atoms with Crippen molar-refractivity contribution < 1.29 is 13.2 Å². The Morgan fingerprint density at radius 2 is 1.88 bits per heavy atom. The fourth-order valence-corrected chi connectivity index (χ4v) is 2.88. The molecule has 0 fully saturated rings. The van der Waals surface area contributed by atoms with Gasteiger partial charge in [-0.15, -0.1) is 0 Å². The lowest BCUT2D eigenvalue weighted by molar-refractivity contribution is 0.163. The van der Waals surface area contributed by atoms with Gasteiger partial charge in [-0.1, -0.05) is 20.3 Å². The summed E-state index contributed by atoms with van der Waals surface area (Å²) in [5, 5.41) is 3.23. The summed E-state index contributed by atoms with van der Waals surface area (Å²) in [6.07, 6.45) is 2.78. The number of methoxy groups -OCH3 is 1. The van der Waals surface area contributed by atoms with Gasteiger partial charge in [0.15, 0.2) is 9.84 Å². The zero-order chi connectivity index (χ0) is 12.4. The summed E-state index contributed by atoms with van der Waals surface area (Å²) in [5.74, 6) is 0.516. The van der Waals surface area contributed by atoms with Crippen molar-refractivity contribution in [3.05, 3.63) is 0 Å². The molecule has 0 aromatic heterocycles. The van der Waals surface area contributed by atoms with Gasteiger partial charge in [-0.2, -0.15) is 0 Å². The van der Waals surface area contributed by atoms with Crippen LogP contribution in [-0.4, -0.2) is 46.2 Å². The van der Waals surface area contributed by atoms with Crippen molar-refractivity contribution in [1.82, 2.24) is 5.32 Å². The van der Waals surface area contributed by atoms with Crippen LogP contribution in [-0.2, 0) is 14.6 Å². The molecule has 0 aromatic rings. The van der Waals surface area contributed by atoms with Gasteiger partial charge in [0.2, 0.25) is 0 Å². The highest BCUT2D eigenvalue weighted by Crippen LogP contribution is 1.98. The molecule has 1 unspecified atom stereocenters. The Kier molecular flexibility index (Phi) is 8.89. The van der Waals surface area contributed by atoms with E-state index in [9.17, 15) is 8.42 Å². The molecule has 0 spiro atoms. The Morgan fingerprint density at radius 1 is 1.19 bits per heavy atom. The van der Waals surface area contributed by atoms with Gasteiger partial charge in [0, 0.05) is 25.4 Å². The van der Waals surface area contributed by atoms with Crippen molar-refractivity contribution in [2.75, 3.05) is 31.8 Å². The number of sulfone groups is 1. The molecule has 0 aliphatic heterocycles. The zero-order valence-electron chi connectivity index (χ0n) is 10.7. The monoisotopic (exact) mass is 251 g/mol. The Balaban J connectivity index is 3.84. The Morgan fingerprint density at radius 3 is 2.38 bits per heavy atom. The van der Waals surface area contributed by atoms with Crippen LogP contribution in [0.3, 0.4) is 0 Å². The molecule has 5 heteroatoms. The standard InChI is InChI=1S/C11H25NO3S/c1-4-6-11(10-15-3)12-7-9-16(13,14)8-5-2/h11-12H,4-10H2,1-3H3. The first kappa shape index (κ1) is 15.9. The first-order valence-electron chi connectivity index (χ1n) is 5.98. The number of hydrogen-bond acceptors (Lipinski definition) is 4. The maximum absolute atomic E-state index is 11.5. The van der Waals surface area contributed by atoms with Crippen molar-refractivity contribution in [3.63, 3.8) is 0 Å². The van der Waals surface area contributed by atoms with Crippen molar-refractivity contribution in [3.8, 4) is 0 Å². The summed E-state index contributed by atoms with van der Waals surface area (Å²) in [6, 6.07) is 0.270. The molecule has 0 saturated heterocycles. The molecule has 0 aliphatic carbocycles. The van der Waals surface area contributed by atoms with E-state index in [1.54, 1.807) is 7.11 Å². The Bertz CT molecular complexity index is 246. The lowest BCUT2D eigenvalue weighted by atomic mass is 10.2. The summed E-state index contributed by atoms with van der Waals surface area (Å²) in [5.41, 5.74) is 0.